The number of rotatable bonds is 3. The van der Waals surface area contributed by atoms with E-state index in [1.54, 1.807) is 6.07 Å². The number of hydrogen-bond donors (Lipinski definition) is 2. The minimum Gasteiger partial charge on any atom is -0.351 e. The normalized spacial score (nSPS) is 20.4. The molecule has 2 N–H and O–H groups in total. The Bertz CT molecular complexity index is 455. The SMILES string of the molecule is CCC1CNCCN1c1cc(=O)[nH]c(C(C)C)n1. The number of nitrogens with one attached hydrogen (secondary N) is 2. The summed E-state index contributed by atoms with van der Waals surface area (Å²) < 4.78 is 0. The Kier molecular flexibility index (Phi) is 4.01. The average Bonchev–Trinajstić information content (AvgIpc) is 2.38. The highest BCUT2D eigenvalue weighted by atomic mass is 16.1. The first-order chi connectivity index (χ1) is 8.61. The molecule has 0 aliphatic carbocycles. The summed E-state index contributed by atoms with van der Waals surface area (Å²) in [5, 5.41) is 3.38. The lowest BCUT2D eigenvalue weighted by Crippen LogP contribution is -2.51. The van der Waals surface area contributed by atoms with Gasteiger partial charge < -0.3 is 15.2 Å². The van der Waals surface area contributed by atoms with Crippen molar-refractivity contribution >= 4 is 5.82 Å². The topological polar surface area (TPSA) is 61.0 Å². The molecule has 100 valence electrons. The second-order valence-corrected chi connectivity index (χ2v) is 5.10. The molecule has 0 saturated carbocycles. The molecule has 1 aliphatic rings. The van der Waals surface area contributed by atoms with E-state index < -0.39 is 0 Å². The molecule has 1 atom stereocenters. The van der Waals surface area contributed by atoms with Gasteiger partial charge in [-0.25, -0.2) is 4.98 Å². The van der Waals surface area contributed by atoms with E-state index in [9.17, 15) is 4.79 Å². The van der Waals surface area contributed by atoms with Gasteiger partial charge in [-0.15, -0.1) is 0 Å². The van der Waals surface area contributed by atoms with Crippen LogP contribution in [0.15, 0.2) is 10.9 Å². The Hall–Kier alpha value is -1.36. The standard InChI is InChI=1S/C13H22N4O/c1-4-10-8-14-5-6-17(10)11-7-12(18)16-13(15-11)9(2)3/h7,9-10,14H,4-6,8H2,1-3H3,(H,15,16,18). The number of H-pyrrole nitrogens is 1. The van der Waals surface area contributed by atoms with Gasteiger partial charge in [0.05, 0.1) is 0 Å². The van der Waals surface area contributed by atoms with Crippen LogP contribution in [-0.2, 0) is 0 Å². The fourth-order valence-electron chi connectivity index (χ4n) is 2.31. The highest BCUT2D eigenvalue weighted by molar-refractivity contribution is 5.40. The van der Waals surface area contributed by atoms with Crippen molar-refractivity contribution < 1.29 is 0 Å². The predicted molar refractivity (Wildman–Crippen MR) is 73.2 cm³/mol. The zero-order chi connectivity index (χ0) is 13.1. The van der Waals surface area contributed by atoms with E-state index in [1.165, 1.54) is 0 Å². The quantitative estimate of drug-likeness (QED) is 0.843. The van der Waals surface area contributed by atoms with Gasteiger partial charge in [-0.3, -0.25) is 4.79 Å². The molecular weight excluding hydrogens is 228 g/mol. The fourth-order valence-corrected chi connectivity index (χ4v) is 2.31. The number of hydrogen-bond acceptors (Lipinski definition) is 4. The Morgan fingerprint density at radius 3 is 3.00 bits per heavy atom. The van der Waals surface area contributed by atoms with Crippen LogP contribution in [0.1, 0.15) is 38.9 Å². The number of piperazine rings is 1. The third kappa shape index (κ3) is 2.72. The molecule has 0 spiro atoms. The van der Waals surface area contributed by atoms with Crippen LogP contribution in [0.3, 0.4) is 0 Å². The van der Waals surface area contributed by atoms with E-state index in [2.05, 4.69) is 27.1 Å². The highest BCUT2D eigenvalue weighted by Gasteiger charge is 2.22. The van der Waals surface area contributed by atoms with Crippen LogP contribution in [0, 0.1) is 0 Å². The molecule has 1 aliphatic heterocycles. The molecule has 0 amide bonds. The summed E-state index contributed by atoms with van der Waals surface area (Å²) >= 11 is 0. The van der Waals surface area contributed by atoms with Crippen molar-refractivity contribution in [1.29, 1.82) is 0 Å². The number of aromatic nitrogens is 2. The van der Waals surface area contributed by atoms with Crippen LogP contribution in [0.4, 0.5) is 5.82 Å². The zero-order valence-corrected chi connectivity index (χ0v) is 11.4. The summed E-state index contributed by atoms with van der Waals surface area (Å²) in [5.74, 6) is 1.82. The lowest BCUT2D eigenvalue weighted by Gasteiger charge is -2.36. The van der Waals surface area contributed by atoms with Crippen LogP contribution < -0.4 is 15.8 Å². The fraction of sp³-hybridized carbons (Fsp3) is 0.692. The molecule has 1 saturated heterocycles. The maximum Gasteiger partial charge on any atom is 0.252 e. The van der Waals surface area contributed by atoms with Gasteiger partial charge in [-0.1, -0.05) is 20.8 Å². The van der Waals surface area contributed by atoms with Gasteiger partial charge >= 0.3 is 0 Å². The van der Waals surface area contributed by atoms with Gasteiger partial charge in [-0.05, 0) is 6.42 Å². The second kappa shape index (κ2) is 5.52. The minimum atomic E-state index is -0.0583. The predicted octanol–water partition coefficient (Wildman–Crippen LogP) is 1.08. The van der Waals surface area contributed by atoms with Crippen LogP contribution in [-0.4, -0.2) is 35.6 Å². The van der Waals surface area contributed by atoms with Crippen molar-refractivity contribution in [1.82, 2.24) is 15.3 Å². The Morgan fingerprint density at radius 2 is 2.33 bits per heavy atom. The lowest BCUT2D eigenvalue weighted by molar-refractivity contribution is 0.462. The molecule has 18 heavy (non-hydrogen) atoms. The largest absolute Gasteiger partial charge is 0.351 e. The van der Waals surface area contributed by atoms with Crippen molar-refractivity contribution in [2.75, 3.05) is 24.5 Å². The van der Waals surface area contributed by atoms with E-state index in [0.717, 1.165) is 37.7 Å². The van der Waals surface area contributed by atoms with Gasteiger partial charge in [0, 0.05) is 37.7 Å². The molecule has 0 bridgehead atoms. The third-order valence-electron chi connectivity index (χ3n) is 3.41. The molecule has 0 aromatic carbocycles. The summed E-state index contributed by atoms with van der Waals surface area (Å²) in [6.45, 7) is 9.06. The van der Waals surface area contributed by atoms with Crippen molar-refractivity contribution in [3.8, 4) is 0 Å². The Morgan fingerprint density at radius 1 is 1.56 bits per heavy atom. The van der Waals surface area contributed by atoms with Gasteiger partial charge in [0.25, 0.3) is 5.56 Å². The molecule has 1 fully saturated rings. The van der Waals surface area contributed by atoms with Gasteiger partial charge in [-0.2, -0.15) is 0 Å². The van der Waals surface area contributed by atoms with E-state index in [1.807, 2.05) is 13.8 Å². The van der Waals surface area contributed by atoms with E-state index >= 15 is 0 Å². The number of nitrogens with zero attached hydrogens (tertiary/aromatic N) is 2. The second-order valence-electron chi connectivity index (χ2n) is 5.10. The van der Waals surface area contributed by atoms with Crippen LogP contribution in [0.25, 0.3) is 0 Å². The maximum atomic E-state index is 11.7. The first kappa shape index (κ1) is 13.1. The van der Waals surface area contributed by atoms with Crippen LogP contribution in [0.2, 0.25) is 0 Å². The summed E-state index contributed by atoms with van der Waals surface area (Å²) in [5.41, 5.74) is -0.0583. The van der Waals surface area contributed by atoms with E-state index in [0.29, 0.717) is 6.04 Å². The summed E-state index contributed by atoms with van der Waals surface area (Å²) in [4.78, 5) is 21.4. The number of anilines is 1. The average molecular weight is 250 g/mol. The minimum absolute atomic E-state index is 0.0583. The molecule has 2 rings (SSSR count). The molecule has 5 heteroatoms. The number of aromatic amines is 1. The lowest BCUT2D eigenvalue weighted by atomic mass is 10.1. The van der Waals surface area contributed by atoms with Crippen LogP contribution in [0.5, 0.6) is 0 Å². The summed E-state index contributed by atoms with van der Waals surface area (Å²) in [6.07, 6.45) is 1.05. The molecule has 1 unspecified atom stereocenters. The molecule has 1 aromatic rings. The first-order valence-electron chi connectivity index (χ1n) is 6.70. The van der Waals surface area contributed by atoms with Gasteiger partial charge in [0.1, 0.15) is 11.6 Å². The Balaban J connectivity index is 2.33. The molecule has 5 nitrogen and oxygen atoms in total. The Labute approximate surface area is 108 Å². The molecule has 1 aromatic heterocycles. The monoisotopic (exact) mass is 250 g/mol. The van der Waals surface area contributed by atoms with E-state index in [4.69, 9.17) is 0 Å². The van der Waals surface area contributed by atoms with Gasteiger partial charge in [0.2, 0.25) is 0 Å². The summed E-state index contributed by atoms with van der Waals surface area (Å²) in [7, 11) is 0. The molecule has 2 heterocycles. The zero-order valence-electron chi connectivity index (χ0n) is 11.4. The van der Waals surface area contributed by atoms with Crippen molar-refractivity contribution in [2.45, 2.75) is 39.2 Å². The van der Waals surface area contributed by atoms with Gasteiger partial charge in [0.15, 0.2) is 0 Å². The van der Waals surface area contributed by atoms with Crippen molar-refractivity contribution in [3.05, 3.63) is 22.2 Å². The maximum absolute atomic E-state index is 11.7. The summed E-state index contributed by atoms with van der Waals surface area (Å²) in [6, 6.07) is 2.04. The molecule has 0 radical (unpaired) electrons. The molecular formula is C13H22N4O. The first-order valence-corrected chi connectivity index (χ1v) is 6.70. The smallest absolute Gasteiger partial charge is 0.252 e. The van der Waals surface area contributed by atoms with Crippen molar-refractivity contribution in [2.24, 2.45) is 0 Å². The van der Waals surface area contributed by atoms with Crippen LogP contribution >= 0.6 is 0 Å². The van der Waals surface area contributed by atoms with E-state index in [-0.39, 0.29) is 11.5 Å². The third-order valence-corrected chi connectivity index (χ3v) is 3.41. The van der Waals surface area contributed by atoms with Crippen molar-refractivity contribution in [3.63, 3.8) is 0 Å². The highest BCUT2D eigenvalue weighted by Crippen LogP contribution is 2.18.